The van der Waals surface area contributed by atoms with Crippen molar-refractivity contribution in [2.75, 3.05) is 19.6 Å². The number of nitrogens with two attached hydrogens (primary N) is 1. The van der Waals surface area contributed by atoms with Gasteiger partial charge in [-0.15, -0.1) is 0 Å². The second kappa shape index (κ2) is 10.4. The van der Waals surface area contributed by atoms with Crippen LogP contribution in [0.3, 0.4) is 0 Å². The Morgan fingerprint density at radius 3 is 2.32 bits per heavy atom. The third-order valence-corrected chi connectivity index (χ3v) is 5.00. The molecule has 7 nitrogen and oxygen atoms in total. The molecule has 0 aromatic heterocycles. The third kappa shape index (κ3) is 7.13. The Morgan fingerprint density at radius 1 is 1.18 bits per heavy atom. The van der Waals surface area contributed by atoms with Gasteiger partial charge >= 0.3 is 0 Å². The summed E-state index contributed by atoms with van der Waals surface area (Å²) in [6.07, 6.45) is 2.04. The van der Waals surface area contributed by atoms with E-state index in [2.05, 4.69) is 10.6 Å². The summed E-state index contributed by atoms with van der Waals surface area (Å²) in [5.41, 5.74) is 5.69. The zero-order valence-corrected chi connectivity index (χ0v) is 17.2. The first-order chi connectivity index (χ1) is 13.2. The summed E-state index contributed by atoms with van der Waals surface area (Å²) >= 11 is 5.86. The van der Waals surface area contributed by atoms with Gasteiger partial charge in [0.2, 0.25) is 11.8 Å². The van der Waals surface area contributed by atoms with E-state index in [-0.39, 0.29) is 36.2 Å². The monoisotopic (exact) mass is 408 g/mol. The zero-order valence-electron chi connectivity index (χ0n) is 16.4. The lowest BCUT2D eigenvalue weighted by molar-refractivity contribution is -0.125. The number of benzene rings is 1. The summed E-state index contributed by atoms with van der Waals surface area (Å²) in [7, 11) is 0. The average molecular weight is 409 g/mol. The van der Waals surface area contributed by atoms with Crippen LogP contribution in [0.25, 0.3) is 0 Å². The van der Waals surface area contributed by atoms with Crippen LogP contribution < -0.4 is 16.4 Å². The third-order valence-electron chi connectivity index (χ3n) is 4.75. The van der Waals surface area contributed by atoms with E-state index in [1.165, 1.54) is 0 Å². The number of nitrogens with zero attached hydrogens (tertiary/aromatic N) is 1. The van der Waals surface area contributed by atoms with Crippen LogP contribution in [0.4, 0.5) is 0 Å². The highest BCUT2D eigenvalue weighted by atomic mass is 35.5. The van der Waals surface area contributed by atoms with Crippen LogP contribution in [0.5, 0.6) is 0 Å². The first kappa shape index (κ1) is 22.2. The number of rotatable bonds is 8. The Labute approximate surface area is 171 Å². The number of carbonyl (C=O) groups excluding carboxylic acids is 3. The fourth-order valence-electron chi connectivity index (χ4n) is 3.30. The van der Waals surface area contributed by atoms with Crippen LogP contribution in [-0.2, 0) is 9.59 Å². The maximum absolute atomic E-state index is 12.8. The van der Waals surface area contributed by atoms with E-state index in [1.807, 2.05) is 18.7 Å². The molecule has 1 fully saturated rings. The molecule has 1 saturated heterocycles. The number of carbonyl (C=O) groups is 3. The average Bonchev–Trinajstić information content (AvgIpc) is 2.62. The van der Waals surface area contributed by atoms with Gasteiger partial charge in [-0.3, -0.25) is 19.3 Å². The minimum Gasteiger partial charge on any atom is -0.369 e. The molecular weight excluding hydrogens is 380 g/mol. The first-order valence-electron chi connectivity index (χ1n) is 9.62. The molecule has 0 radical (unpaired) electrons. The molecule has 4 N–H and O–H groups in total. The van der Waals surface area contributed by atoms with E-state index in [4.69, 9.17) is 17.3 Å². The lowest BCUT2D eigenvalue weighted by Crippen LogP contribution is -2.53. The van der Waals surface area contributed by atoms with Crippen molar-refractivity contribution in [3.63, 3.8) is 0 Å². The number of hydrogen-bond acceptors (Lipinski definition) is 4. The molecular formula is C20H29ClN4O3. The molecule has 1 aliphatic rings. The molecule has 0 spiro atoms. The van der Waals surface area contributed by atoms with Gasteiger partial charge in [-0.1, -0.05) is 25.4 Å². The molecule has 0 bridgehead atoms. The summed E-state index contributed by atoms with van der Waals surface area (Å²) in [5.74, 6) is -0.568. The molecule has 1 aliphatic heterocycles. The van der Waals surface area contributed by atoms with E-state index < -0.39 is 6.04 Å². The summed E-state index contributed by atoms with van der Waals surface area (Å²) < 4.78 is 0. The number of amides is 3. The van der Waals surface area contributed by atoms with Crippen LogP contribution >= 0.6 is 11.6 Å². The summed E-state index contributed by atoms with van der Waals surface area (Å²) in [6.45, 7) is 5.68. The largest absolute Gasteiger partial charge is 0.369 e. The molecule has 154 valence electrons. The molecule has 1 unspecified atom stereocenters. The number of hydrogen-bond donors (Lipinski definition) is 3. The number of piperidine rings is 1. The number of halogens is 1. The fraction of sp³-hybridized carbons (Fsp3) is 0.550. The van der Waals surface area contributed by atoms with Crippen molar-refractivity contribution in [2.24, 2.45) is 11.7 Å². The lowest BCUT2D eigenvalue weighted by Gasteiger charge is -2.32. The van der Waals surface area contributed by atoms with E-state index >= 15 is 0 Å². The summed E-state index contributed by atoms with van der Waals surface area (Å²) in [5, 5.41) is 6.44. The first-order valence-corrected chi connectivity index (χ1v) is 10.00. The predicted molar refractivity (Wildman–Crippen MR) is 109 cm³/mol. The van der Waals surface area contributed by atoms with Crippen molar-refractivity contribution in [2.45, 2.75) is 45.2 Å². The van der Waals surface area contributed by atoms with Crippen molar-refractivity contribution in [3.8, 4) is 0 Å². The minimum atomic E-state index is -0.605. The van der Waals surface area contributed by atoms with Crippen LogP contribution in [0.2, 0.25) is 5.02 Å². The minimum absolute atomic E-state index is 0.0266. The van der Waals surface area contributed by atoms with Crippen molar-refractivity contribution >= 4 is 29.3 Å². The number of nitrogens with one attached hydrogen (secondary N) is 2. The highest BCUT2D eigenvalue weighted by molar-refractivity contribution is 6.30. The molecule has 3 amide bonds. The molecule has 28 heavy (non-hydrogen) atoms. The quantitative estimate of drug-likeness (QED) is 0.606. The number of primary amides is 1. The molecule has 8 heteroatoms. The van der Waals surface area contributed by atoms with Crippen LogP contribution in [0, 0.1) is 5.92 Å². The van der Waals surface area contributed by atoms with E-state index in [0.29, 0.717) is 30.1 Å². The second-order valence-corrected chi connectivity index (χ2v) is 8.12. The topological polar surface area (TPSA) is 105 Å². The Hall–Kier alpha value is -2.12. The van der Waals surface area contributed by atoms with Crippen LogP contribution in [-0.4, -0.2) is 54.3 Å². The van der Waals surface area contributed by atoms with Crippen LogP contribution in [0.15, 0.2) is 24.3 Å². The molecule has 1 aromatic carbocycles. The lowest BCUT2D eigenvalue weighted by atomic mass is 10.0. The van der Waals surface area contributed by atoms with Gasteiger partial charge in [0.05, 0.1) is 6.54 Å². The van der Waals surface area contributed by atoms with Gasteiger partial charge in [-0.2, -0.15) is 0 Å². The summed E-state index contributed by atoms with van der Waals surface area (Å²) in [6, 6.07) is 5.99. The molecule has 1 atom stereocenters. The van der Waals surface area contributed by atoms with Gasteiger partial charge < -0.3 is 16.4 Å². The van der Waals surface area contributed by atoms with Crippen molar-refractivity contribution in [1.29, 1.82) is 0 Å². The molecule has 0 aliphatic carbocycles. The van der Waals surface area contributed by atoms with Gasteiger partial charge in [0.1, 0.15) is 6.04 Å². The fourth-order valence-corrected chi connectivity index (χ4v) is 3.43. The molecule has 0 saturated carbocycles. The van der Waals surface area contributed by atoms with Gasteiger partial charge in [0, 0.05) is 29.7 Å². The van der Waals surface area contributed by atoms with Gasteiger partial charge in [-0.05, 0) is 49.4 Å². The highest BCUT2D eigenvalue weighted by Gasteiger charge is 2.27. The van der Waals surface area contributed by atoms with Crippen molar-refractivity contribution < 1.29 is 14.4 Å². The number of likely N-dealkylation sites (tertiary alicyclic amines) is 1. The normalized spacial score (nSPS) is 16.6. The van der Waals surface area contributed by atoms with Crippen molar-refractivity contribution in [1.82, 2.24) is 15.5 Å². The van der Waals surface area contributed by atoms with Crippen molar-refractivity contribution in [3.05, 3.63) is 34.9 Å². The van der Waals surface area contributed by atoms with E-state index in [9.17, 15) is 14.4 Å². The van der Waals surface area contributed by atoms with Gasteiger partial charge in [0.15, 0.2) is 0 Å². The predicted octanol–water partition coefficient (Wildman–Crippen LogP) is 1.55. The molecule has 1 aromatic rings. The maximum Gasteiger partial charge on any atom is 0.251 e. The zero-order chi connectivity index (χ0) is 20.7. The maximum atomic E-state index is 12.8. The SMILES string of the molecule is CC(C)CC(NC(=O)c1ccc(Cl)cc1)C(=O)NC1CCN(CC(N)=O)CC1. The van der Waals surface area contributed by atoms with Crippen LogP contribution in [0.1, 0.15) is 43.5 Å². The van der Waals surface area contributed by atoms with Gasteiger partial charge in [-0.25, -0.2) is 0 Å². The highest BCUT2D eigenvalue weighted by Crippen LogP contribution is 2.13. The van der Waals surface area contributed by atoms with E-state index in [0.717, 1.165) is 12.8 Å². The Bertz CT molecular complexity index is 685. The Morgan fingerprint density at radius 2 is 1.79 bits per heavy atom. The van der Waals surface area contributed by atoms with E-state index in [1.54, 1.807) is 24.3 Å². The molecule has 2 rings (SSSR count). The summed E-state index contributed by atoms with van der Waals surface area (Å²) in [4.78, 5) is 38.3. The smallest absolute Gasteiger partial charge is 0.251 e. The Kier molecular flexibility index (Phi) is 8.26. The standard InChI is InChI=1S/C20H29ClN4O3/c1-13(2)11-17(24-19(27)14-3-5-15(21)6-4-14)20(28)23-16-7-9-25(10-8-16)12-18(22)26/h3-6,13,16-17H,7-12H2,1-2H3,(H2,22,26)(H,23,28)(H,24,27). The Balaban J connectivity index is 1.92. The van der Waals surface area contributed by atoms with Gasteiger partial charge in [0.25, 0.3) is 5.91 Å². The molecule has 1 heterocycles. The second-order valence-electron chi connectivity index (χ2n) is 7.69.